The quantitative estimate of drug-likeness (QED) is 0.680. The van der Waals surface area contributed by atoms with Gasteiger partial charge < -0.3 is 5.32 Å². The Bertz CT molecular complexity index is 763. The molecule has 2 N–H and O–H groups in total. The van der Waals surface area contributed by atoms with E-state index in [4.69, 9.17) is 23.2 Å². The summed E-state index contributed by atoms with van der Waals surface area (Å²) in [5, 5.41) is 3.07. The van der Waals surface area contributed by atoms with Gasteiger partial charge >= 0.3 is 0 Å². The van der Waals surface area contributed by atoms with Crippen molar-refractivity contribution in [2.24, 2.45) is 0 Å². The number of hydrogen-bond acceptors (Lipinski definition) is 3. The average Bonchev–Trinajstić information content (AvgIpc) is 2.57. The van der Waals surface area contributed by atoms with E-state index in [0.29, 0.717) is 6.54 Å². The van der Waals surface area contributed by atoms with Gasteiger partial charge in [0, 0.05) is 11.6 Å². The monoisotopic (exact) mass is 404 g/mol. The van der Waals surface area contributed by atoms with Crippen molar-refractivity contribution >= 4 is 39.1 Å². The lowest BCUT2D eigenvalue weighted by molar-refractivity contribution is -0.122. The van der Waals surface area contributed by atoms with Crippen molar-refractivity contribution in [1.82, 2.24) is 10.0 Å². The van der Waals surface area contributed by atoms with Crippen molar-refractivity contribution < 1.29 is 13.2 Å². The SMILES string of the molecule is C[C@@H](NS(=O)(=O)c1cc(Cl)ccc1Cl)C(=O)NCCC1=CCCCC1. The zero-order valence-corrected chi connectivity index (χ0v) is 16.3. The van der Waals surface area contributed by atoms with Gasteiger partial charge in [0.15, 0.2) is 0 Å². The highest BCUT2D eigenvalue weighted by atomic mass is 35.5. The van der Waals surface area contributed by atoms with Crippen LogP contribution in [-0.4, -0.2) is 26.9 Å². The minimum atomic E-state index is -3.94. The van der Waals surface area contributed by atoms with Gasteiger partial charge in [-0.05, 0) is 57.2 Å². The zero-order valence-electron chi connectivity index (χ0n) is 14.0. The molecular weight excluding hydrogens is 383 g/mol. The Kier molecular flexibility index (Phi) is 7.31. The fourth-order valence-electron chi connectivity index (χ4n) is 2.66. The number of amides is 1. The first kappa shape index (κ1) is 20.2. The van der Waals surface area contributed by atoms with Crippen molar-refractivity contribution in [3.63, 3.8) is 0 Å². The highest BCUT2D eigenvalue weighted by Gasteiger charge is 2.24. The van der Waals surface area contributed by atoms with Crippen LogP contribution in [0.15, 0.2) is 34.7 Å². The first-order valence-corrected chi connectivity index (χ1v) is 10.5. The summed E-state index contributed by atoms with van der Waals surface area (Å²) < 4.78 is 27.1. The molecule has 0 heterocycles. The number of rotatable bonds is 7. The maximum atomic E-state index is 12.4. The summed E-state index contributed by atoms with van der Waals surface area (Å²) >= 11 is 11.8. The van der Waals surface area contributed by atoms with E-state index in [2.05, 4.69) is 16.1 Å². The van der Waals surface area contributed by atoms with Gasteiger partial charge in [-0.1, -0.05) is 34.9 Å². The number of carbonyl (C=O) groups is 1. The third-order valence-electron chi connectivity index (χ3n) is 4.04. The molecule has 1 amide bonds. The van der Waals surface area contributed by atoms with Gasteiger partial charge in [-0.15, -0.1) is 0 Å². The Morgan fingerprint density at radius 3 is 2.72 bits per heavy atom. The Labute approximate surface area is 158 Å². The molecule has 0 aromatic heterocycles. The molecule has 1 aromatic rings. The van der Waals surface area contributed by atoms with Gasteiger partial charge in [-0.25, -0.2) is 8.42 Å². The zero-order chi connectivity index (χ0) is 18.4. The number of allylic oxidation sites excluding steroid dienone is 1. The van der Waals surface area contributed by atoms with Gasteiger partial charge in [0.1, 0.15) is 4.90 Å². The third-order valence-corrected chi connectivity index (χ3v) is 6.30. The van der Waals surface area contributed by atoms with E-state index in [1.54, 1.807) is 0 Å². The van der Waals surface area contributed by atoms with Crippen LogP contribution in [0.4, 0.5) is 0 Å². The summed E-state index contributed by atoms with van der Waals surface area (Å²) in [5.74, 6) is -0.377. The molecule has 0 saturated heterocycles. The largest absolute Gasteiger partial charge is 0.354 e. The summed E-state index contributed by atoms with van der Waals surface area (Å²) in [6, 6.07) is 3.24. The smallest absolute Gasteiger partial charge is 0.242 e. The molecule has 0 unspecified atom stereocenters. The lowest BCUT2D eigenvalue weighted by Crippen LogP contribution is -2.45. The van der Waals surface area contributed by atoms with Crippen molar-refractivity contribution in [3.05, 3.63) is 39.9 Å². The van der Waals surface area contributed by atoms with E-state index in [9.17, 15) is 13.2 Å². The topological polar surface area (TPSA) is 75.3 Å². The highest BCUT2D eigenvalue weighted by molar-refractivity contribution is 7.89. The van der Waals surface area contributed by atoms with Gasteiger partial charge in [0.05, 0.1) is 11.1 Å². The molecule has 8 heteroatoms. The fraction of sp³-hybridized carbons (Fsp3) is 0.471. The van der Waals surface area contributed by atoms with E-state index in [-0.39, 0.29) is 20.8 Å². The standard InChI is InChI=1S/C17H22Cl2N2O3S/c1-12(17(22)20-10-9-13-5-3-2-4-6-13)21-25(23,24)16-11-14(18)7-8-15(16)19/h5,7-8,11-12,21H,2-4,6,9-10H2,1H3,(H,20,22)/t12-/m1/s1. The molecule has 0 fully saturated rings. The maximum absolute atomic E-state index is 12.4. The summed E-state index contributed by atoms with van der Waals surface area (Å²) in [4.78, 5) is 12.0. The third kappa shape index (κ3) is 5.99. The molecule has 2 rings (SSSR count). The van der Waals surface area contributed by atoms with E-state index >= 15 is 0 Å². The van der Waals surface area contributed by atoms with Crippen LogP contribution in [0, 0.1) is 0 Å². The Morgan fingerprint density at radius 1 is 1.28 bits per heavy atom. The number of hydrogen-bond donors (Lipinski definition) is 2. The van der Waals surface area contributed by atoms with Gasteiger partial charge in [0.2, 0.25) is 15.9 Å². The fourth-order valence-corrected chi connectivity index (χ4v) is 4.63. The van der Waals surface area contributed by atoms with Crippen molar-refractivity contribution in [2.45, 2.75) is 50.0 Å². The molecule has 138 valence electrons. The van der Waals surface area contributed by atoms with Gasteiger partial charge in [-0.3, -0.25) is 4.79 Å². The van der Waals surface area contributed by atoms with Crippen LogP contribution < -0.4 is 10.0 Å². The van der Waals surface area contributed by atoms with E-state index in [0.717, 1.165) is 19.3 Å². The van der Waals surface area contributed by atoms with Gasteiger partial charge in [0.25, 0.3) is 0 Å². The second-order valence-corrected chi connectivity index (χ2v) is 8.59. The normalized spacial score (nSPS) is 16.2. The van der Waals surface area contributed by atoms with Crippen molar-refractivity contribution in [2.75, 3.05) is 6.54 Å². The molecule has 0 spiro atoms. The molecule has 0 saturated carbocycles. The number of halogens is 2. The van der Waals surface area contributed by atoms with Crippen LogP contribution in [0.5, 0.6) is 0 Å². The number of benzene rings is 1. The van der Waals surface area contributed by atoms with E-state index in [1.165, 1.54) is 43.5 Å². The van der Waals surface area contributed by atoms with Gasteiger partial charge in [-0.2, -0.15) is 4.72 Å². The summed E-state index contributed by atoms with van der Waals surface area (Å²) in [6.07, 6.45) is 7.61. The predicted octanol–water partition coefficient (Wildman–Crippen LogP) is 3.67. The molecule has 1 atom stereocenters. The molecule has 0 aliphatic heterocycles. The first-order chi connectivity index (χ1) is 11.8. The molecular formula is C17H22Cl2N2O3S. The summed E-state index contributed by atoms with van der Waals surface area (Å²) in [7, 11) is -3.94. The summed E-state index contributed by atoms with van der Waals surface area (Å²) in [5.41, 5.74) is 1.35. The van der Waals surface area contributed by atoms with Crippen LogP contribution in [-0.2, 0) is 14.8 Å². The maximum Gasteiger partial charge on any atom is 0.242 e. The summed E-state index contributed by atoms with van der Waals surface area (Å²) in [6.45, 7) is 1.99. The van der Waals surface area contributed by atoms with Crippen LogP contribution in [0.25, 0.3) is 0 Å². The predicted molar refractivity (Wildman–Crippen MR) is 100 cm³/mol. The van der Waals surface area contributed by atoms with E-state index < -0.39 is 16.1 Å². The molecule has 0 radical (unpaired) electrons. The molecule has 1 aromatic carbocycles. The first-order valence-electron chi connectivity index (χ1n) is 8.22. The lowest BCUT2D eigenvalue weighted by atomic mass is 9.97. The van der Waals surface area contributed by atoms with Crippen LogP contribution in [0.1, 0.15) is 39.0 Å². The Morgan fingerprint density at radius 2 is 2.04 bits per heavy atom. The Hall–Kier alpha value is -1.08. The average molecular weight is 405 g/mol. The molecule has 1 aliphatic rings. The molecule has 0 bridgehead atoms. The van der Waals surface area contributed by atoms with E-state index in [1.807, 2.05) is 0 Å². The Balaban J connectivity index is 1.91. The van der Waals surface area contributed by atoms with Crippen LogP contribution in [0.3, 0.4) is 0 Å². The molecule has 5 nitrogen and oxygen atoms in total. The molecule has 1 aliphatic carbocycles. The highest BCUT2D eigenvalue weighted by Crippen LogP contribution is 2.25. The second kappa shape index (κ2) is 9.03. The van der Waals surface area contributed by atoms with Crippen LogP contribution in [0.2, 0.25) is 10.0 Å². The lowest BCUT2D eigenvalue weighted by Gasteiger charge is -2.16. The van der Waals surface area contributed by atoms with Crippen molar-refractivity contribution in [1.29, 1.82) is 0 Å². The molecule has 25 heavy (non-hydrogen) atoms. The minimum absolute atomic E-state index is 0.0498. The van der Waals surface area contributed by atoms with Crippen LogP contribution >= 0.6 is 23.2 Å². The second-order valence-electron chi connectivity index (χ2n) is 6.07. The van der Waals surface area contributed by atoms with Crippen molar-refractivity contribution in [3.8, 4) is 0 Å². The number of sulfonamides is 1. The number of carbonyl (C=O) groups excluding carboxylic acids is 1. The number of nitrogens with one attached hydrogen (secondary N) is 2. The minimum Gasteiger partial charge on any atom is -0.354 e.